The summed E-state index contributed by atoms with van der Waals surface area (Å²) in [6.45, 7) is 5.39. The molecule has 1 atom stereocenters. The van der Waals surface area contributed by atoms with Crippen LogP contribution in [-0.4, -0.2) is 27.2 Å². The van der Waals surface area contributed by atoms with Crippen LogP contribution in [-0.2, 0) is 14.8 Å². The van der Waals surface area contributed by atoms with Gasteiger partial charge in [0.1, 0.15) is 5.75 Å². The molecule has 2 aromatic carbocycles. The first-order valence-corrected chi connectivity index (χ1v) is 9.88. The van der Waals surface area contributed by atoms with E-state index >= 15 is 0 Å². The van der Waals surface area contributed by atoms with E-state index in [1.54, 1.807) is 31.2 Å². The molecule has 0 spiro atoms. The average Bonchev–Trinajstić information content (AvgIpc) is 2.57. The van der Waals surface area contributed by atoms with E-state index in [4.69, 9.17) is 4.74 Å². The van der Waals surface area contributed by atoms with Gasteiger partial charge in [0.15, 0.2) is 0 Å². The number of benzene rings is 2. The number of para-hydroxylation sites is 1. The average molecular weight is 376 g/mol. The first kappa shape index (κ1) is 19.8. The van der Waals surface area contributed by atoms with Crippen LogP contribution in [0.25, 0.3) is 0 Å². The van der Waals surface area contributed by atoms with Crippen molar-refractivity contribution in [3.8, 4) is 5.75 Å². The number of sulfonamides is 1. The van der Waals surface area contributed by atoms with Crippen molar-refractivity contribution < 1.29 is 17.9 Å². The molecule has 2 aromatic rings. The number of anilines is 2. The molecule has 0 aromatic heterocycles. The van der Waals surface area contributed by atoms with Gasteiger partial charge in [-0.15, -0.1) is 0 Å². The normalized spacial score (nSPS) is 12.3. The molecule has 0 aliphatic heterocycles. The fourth-order valence-electron chi connectivity index (χ4n) is 2.57. The molecule has 0 fully saturated rings. The van der Waals surface area contributed by atoms with Gasteiger partial charge in [-0.25, -0.2) is 8.42 Å². The van der Waals surface area contributed by atoms with E-state index in [0.29, 0.717) is 11.4 Å². The molecule has 1 unspecified atom stereocenters. The van der Waals surface area contributed by atoms with Crippen molar-refractivity contribution in [2.24, 2.45) is 5.92 Å². The summed E-state index contributed by atoms with van der Waals surface area (Å²) in [5.41, 5.74) is 2.99. The number of nitrogens with one attached hydrogen (secondary N) is 2. The molecular weight excluding hydrogens is 352 g/mol. The minimum Gasteiger partial charge on any atom is -0.497 e. The molecule has 0 aliphatic rings. The van der Waals surface area contributed by atoms with E-state index in [1.165, 1.54) is 7.11 Å². The Balaban J connectivity index is 2.05. The highest BCUT2D eigenvalue weighted by Crippen LogP contribution is 2.21. The standard InChI is InChI=1S/C19H24N2O4S/c1-13-7-5-8-14(2)18(13)20-19(22)15(3)12-26(23,24)21-16-9-6-10-17(11-16)25-4/h5-11,15,21H,12H2,1-4H3,(H,20,22). The van der Waals surface area contributed by atoms with E-state index < -0.39 is 15.9 Å². The van der Waals surface area contributed by atoms with E-state index in [2.05, 4.69) is 10.0 Å². The number of hydrogen-bond acceptors (Lipinski definition) is 4. The second-order valence-electron chi connectivity index (χ2n) is 6.27. The maximum Gasteiger partial charge on any atom is 0.233 e. The molecule has 6 nitrogen and oxygen atoms in total. The molecule has 0 bridgehead atoms. The Morgan fingerprint density at radius 2 is 1.73 bits per heavy atom. The molecule has 0 saturated heterocycles. The number of aryl methyl sites for hydroxylation is 2. The minimum atomic E-state index is -3.68. The third-order valence-corrected chi connectivity index (χ3v) is 5.47. The lowest BCUT2D eigenvalue weighted by molar-refractivity contribution is -0.118. The summed E-state index contributed by atoms with van der Waals surface area (Å²) in [6, 6.07) is 12.3. The van der Waals surface area contributed by atoms with Gasteiger partial charge in [0.25, 0.3) is 0 Å². The van der Waals surface area contributed by atoms with Crippen molar-refractivity contribution >= 4 is 27.3 Å². The third-order valence-electron chi connectivity index (χ3n) is 3.99. The zero-order chi connectivity index (χ0) is 19.3. The molecule has 140 valence electrons. The van der Waals surface area contributed by atoms with E-state index in [0.717, 1.165) is 16.8 Å². The van der Waals surface area contributed by atoms with E-state index in [-0.39, 0.29) is 11.7 Å². The Labute approximate surface area is 154 Å². The van der Waals surface area contributed by atoms with Crippen molar-refractivity contribution in [3.05, 3.63) is 53.6 Å². The number of amides is 1. The Kier molecular flexibility index (Phi) is 6.26. The quantitative estimate of drug-likeness (QED) is 0.776. The molecule has 2 N–H and O–H groups in total. The van der Waals surface area contributed by atoms with Crippen LogP contribution in [0, 0.1) is 19.8 Å². The van der Waals surface area contributed by atoms with Gasteiger partial charge in [0.2, 0.25) is 15.9 Å². The second kappa shape index (κ2) is 8.23. The molecule has 2 rings (SSSR count). The van der Waals surface area contributed by atoms with Crippen LogP contribution < -0.4 is 14.8 Å². The van der Waals surface area contributed by atoms with Gasteiger partial charge in [-0.3, -0.25) is 9.52 Å². The molecule has 0 heterocycles. The molecule has 1 amide bonds. The van der Waals surface area contributed by atoms with Gasteiger partial charge in [-0.2, -0.15) is 0 Å². The van der Waals surface area contributed by atoms with Crippen molar-refractivity contribution in [2.75, 3.05) is 22.9 Å². The Morgan fingerprint density at radius 1 is 1.12 bits per heavy atom. The second-order valence-corrected chi connectivity index (χ2v) is 8.04. The monoisotopic (exact) mass is 376 g/mol. The molecule has 26 heavy (non-hydrogen) atoms. The lowest BCUT2D eigenvalue weighted by Gasteiger charge is -2.16. The zero-order valence-electron chi connectivity index (χ0n) is 15.4. The predicted octanol–water partition coefficient (Wildman–Crippen LogP) is 3.33. The van der Waals surface area contributed by atoms with E-state index in [9.17, 15) is 13.2 Å². The number of rotatable bonds is 7. The fourth-order valence-corrected chi connectivity index (χ4v) is 3.95. The van der Waals surface area contributed by atoms with Crippen LogP contribution in [0.4, 0.5) is 11.4 Å². The number of methoxy groups -OCH3 is 1. The molecule has 0 aliphatic carbocycles. The van der Waals surface area contributed by atoms with Crippen molar-refractivity contribution in [2.45, 2.75) is 20.8 Å². The molecular formula is C19H24N2O4S. The lowest BCUT2D eigenvalue weighted by Crippen LogP contribution is -2.30. The van der Waals surface area contributed by atoms with Crippen LogP contribution in [0.2, 0.25) is 0 Å². The molecule has 7 heteroatoms. The van der Waals surface area contributed by atoms with Crippen LogP contribution in [0.1, 0.15) is 18.1 Å². The first-order valence-electron chi connectivity index (χ1n) is 8.23. The summed E-state index contributed by atoms with van der Waals surface area (Å²) in [6.07, 6.45) is 0. The maximum absolute atomic E-state index is 12.4. The summed E-state index contributed by atoms with van der Waals surface area (Å²) in [5.74, 6) is -0.817. The lowest BCUT2D eigenvalue weighted by atomic mass is 10.1. The van der Waals surface area contributed by atoms with Gasteiger partial charge in [-0.05, 0) is 37.1 Å². The first-order chi connectivity index (χ1) is 12.2. The number of ether oxygens (including phenoxy) is 1. The Morgan fingerprint density at radius 3 is 2.35 bits per heavy atom. The van der Waals surface area contributed by atoms with Crippen molar-refractivity contribution in [1.29, 1.82) is 0 Å². The fraction of sp³-hybridized carbons (Fsp3) is 0.316. The topological polar surface area (TPSA) is 84.5 Å². The van der Waals surface area contributed by atoms with Crippen molar-refractivity contribution in [3.63, 3.8) is 0 Å². The van der Waals surface area contributed by atoms with Crippen LogP contribution in [0.3, 0.4) is 0 Å². The Hall–Kier alpha value is -2.54. The molecule has 0 saturated carbocycles. The largest absolute Gasteiger partial charge is 0.497 e. The summed E-state index contributed by atoms with van der Waals surface area (Å²) in [5, 5.41) is 2.83. The van der Waals surface area contributed by atoms with Gasteiger partial charge in [0, 0.05) is 11.8 Å². The summed E-state index contributed by atoms with van der Waals surface area (Å²) >= 11 is 0. The highest BCUT2D eigenvalue weighted by atomic mass is 32.2. The van der Waals surface area contributed by atoms with E-state index in [1.807, 2.05) is 32.0 Å². The number of carbonyl (C=O) groups excluding carboxylic acids is 1. The van der Waals surface area contributed by atoms with Crippen LogP contribution in [0.15, 0.2) is 42.5 Å². The summed E-state index contributed by atoms with van der Waals surface area (Å²) < 4.78 is 32.3. The highest BCUT2D eigenvalue weighted by Gasteiger charge is 2.22. The maximum atomic E-state index is 12.4. The van der Waals surface area contributed by atoms with Gasteiger partial charge >= 0.3 is 0 Å². The van der Waals surface area contributed by atoms with Gasteiger partial charge < -0.3 is 10.1 Å². The third kappa shape index (κ3) is 5.23. The SMILES string of the molecule is COc1cccc(NS(=O)(=O)CC(C)C(=O)Nc2c(C)cccc2C)c1. The summed E-state index contributed by atoms with van der Waals surface area (Å²) in [7, 11) is -2.18. The smallest absolute Gasteiger partial charge is 0.233 e. The minimum absolute atomic E-state index is 0.318. The van der Waals surface area contributed by atoms with Crippen LogP contribution in [0.5, 0.6) is 5.75 Å². The van der Waals surface area contributed by atoms with Crippen LogP contribution >= 0.6 is 0 Å². The number of carbonyl (C=O) groups is 1. The van der Waals surface area contributed by atoms with Gasteiger partial charge in [-0.1, -0.05) is 31.2 Å². The molecule has 0 radical (unpaired) electrons. The highest BCUT2D eigenvalue weighted by molar-refractivity contribution is 7.92. The predicted molar refractivity (Wildman–Crippen MR) is 104 cm³/mol. The van der Waals surface area contributed by atoms with Crippen molar-refractivity contribution in [1.82, 2.24) is 0 Å². The van der Waals surface area contributed by atoms with Gasteiger partial charge in [0.05, 0.1) is 24.5 Å². The zero-order valence-corrected chi connectivity index (χ0v) is 16.2. The summed E-state index contributed by atoms with van der Waals surface area (Å²) in [4.78, 5) is 12.4. The Bertz CT molecular complexity index is 874. The number of hydrogen-bond donors (Lipinski definition) is 2.